The number of hydrogen-bond acceptors (Lipinski definition) is 2. The maximum atomic E-state index is 12.9. The molecule has 0 unspecified atom stereocenters. The molecule has 5 heteroatoms. The largest absolute Gasteiger partial charge is 0.490 e. The van der Waals surface area contributed by atoms with Crippen LogP contribution in [0.4, 0.5) is 8.78 Å². The number of rotatable bonds is 3. The van der Waals surface area contributed by atoms with E-state index >= 15 is 0 Å². The number of hydrogen-bond donors (Lipinski definition) is 1. The van der Waals surface area contributed by atoms with Crippen LogP contribution in [0.5, 0.6) is 5.75 Å². The number of carboxylic acids is 1. The molecule has 3 nitrogen and oxygen atoms in total. The van der Waals surface area contributed by atoms with E-state index in [1.165, 1.54) is 0 Å². The van der Waals surface area contributed by atoms with Crippen LogP contribution in [0.15, 0.2) is 18.2 Å². The second-order valence-corrected chi connectivity index (χ2v) is 4.62. The zero-order chi connectivity index (χ0) is 12.6. The first-order valence-electron chi connectivity index (χ1n) is 5.25. The van der Waals surface area contributed by atoms with Gasteiger partial charge in [0.2, 0.25) is 0 Å². The first-order chi connectivity index (χ1) is 7.89. The van der Waals surface area contributed by atoms with E-state index in [0.29, 0.717) is 12.8 Å². The third-order valence-electron chi connectivity index (χ3n) is 3.01. The maximum Gasteiger partial charge on any atom is 0.309 e. The zero-order valence-corrected chi connectivity index (χ0v) is 9.24. The molecule has 1 fully saturated rings. The van der Waals surface area contributed by atoms with E-state index in [1.807, 2.05) is 0 Å². The average Bonchev–Trinajstić information content (AvgIpc) is 2.12. The van der Waals surface area contributed by atoms with E-state index in [0.717, 1.165) is 18.2 Å². The zero-order valence-electron chi connectivity index (χ0n) is 9.24. The van der Waals surface area contributed by atoms with E-state index in [-0.39, 0.29) is 11.9 Å². The van der Waals surface area contributed by atoms with Crippen LogP contribution in [-0.4, -0.2) is 17.2 Å². The number of aliphatic carboxylic acids is 1. The Morgan fingerprint density at radius 3 is 2.35 bits per heavy atom. The Morgan fingerprint density at radius 2 is 1.88 bits per heavy atom. The van der Waals surface area contributed by atoms with Gasteiger partial charge in [-0.15, -0.1) is 0 Å². The van der Waals surface area contributed by atoms with E-state index < -0.39 is 23.0 Å². The molecule has 1 saturated carbocycles. The minimum absolute atomic E-state index is 0.0972. The first-order valence-corrected chi connectivity index (χ1v) is 5.25. The van der Waals surface area contributed by atoms with Gasteiger partial charge in [-0.25, -0.2) is 8.78 Å². The molecule has 0 amide bonds. The lowest BCUT2D eigenvalue weighted by Crippen LogP contribution is -2.47. The van der Waals surface area contributed by atoms with Crippen LogP contribution >= 0.6 is 0 Å². The van der Waals surface area contributed by atoms with Crippen molar-refractivity contribution in [3.05, 3.63) is 29.8 Å². The minimum Gasteiger partial charge on any atom is -0.490 e. The summed E-state index contributed by atoms with van der Waals surface area (Å²) in [5.41, 5.74) is -0.781. The second kappa shape index (κ2) is 3.98. The average molecular weight is 242 g/mol. The quantitative estimate of drug-likeness (QED) is 0.886. The normalized spacial score (nSPS) is 27.4. The molecule has 1 N–H and O–H groups in total. The van der Waals surface area contributed by atoms with Crippen LogP contribution in [0.25, 0.3) is 0 Å². The summed E-state index contributed by atoms with van der Waals surface area (Å²) in [5, 5.41) is 8.89. The molecule has 0 heterocycles. The van der Waals surface area contributed by atoms with Crippen LogP contribution in [0, 0.1) is 17.0 Å². The van der Waals surface area contributed by atoms with Gasteiger partial charge >= 0.3 is 5.97 Å². The number of ether oxygens (including phenoxy) is 1. The van der Waals surface area contributed by atoms with E-state index in [1.54, 1.807) is 6.92 Å². The fourth-order valence-corrected chi connectivity index (χ4v) is 1.99. The molecule has 0 aromatic heterocycles. The monoisotopic (exact) mass is 242 g/mol. The van der Waals surface area contributed by atoms with E-state index in [9.17, 15) is 13.6 Å². The van der Waals surface area contributed by atoms with Crippen molar-refractivity contribution in [1.29, 1.82) is 0 Å². The summed E-state index contributed by atoms with van der Waals surface area (Å²) in [6.45, 7) is 1.63. The van der Waals surface area contributed by atoms with Gasteiger partial charge in [-0.3, -0.25) is 4.79 Å². The van der Waals surface area contributed by atoms with Gasteiger partial charge in [0.15, 0.2) is 0 Å². The summed E-state index contributed by atoms with van der Waals surface area (Å²) in [7, 11) is 0. The predicted octanol–water partition coefficient (Wildman–Crippen LogP) is 2.60. The molecule has 1 aliphatic rings. The molecular formula is C12H12F2O3. The molecule has 1 aliphatic carbocycles. The van der Waals surface area contributed by atoms with E-state index in [4.69, 9.17) is 9.84 Å². The Balaban J connectivity index is 1.98. The Morgan fingerprint density at radius 1 is 1.35 bits per heavy atom. The molecule has 17 heavy (non-hydrogen) atoms. The Labute approximate surface area is 97.0 Å². The summed E-state index contributed by atoms with van der Waals surface area (Å²) in [6.07, 6.45) is 0.401. The molecule has 2 rings (SSSR count). The van der Waals surface area contributed by atoms with Gasteiger partial charge in [0, 0.05) is 31.0 Å². The molecule has 0 bridgehead atoms. The molecule has 1 aromatic carbocycles. The third kappa shape index (κ3) is 2.38. The molecule has 0 radical (unpaired) electrons. The molecule has 1 aromatic rings. The first kappa shape index (κ1) is 11.8. The molecule has 0 saturated heterocycles. The van der Waals surface area contributed by atoms with Gasteiger partial charge in [-0.05, 0) is 6.92 Å². The summed E-state index contributed by atoms with van der Waals surface area (Å²) in [6, 6.07) is 2.92. The fraction of sp³-hybridized carbons (Fsp3) is 0.417. The van der Waals surface area contributed by atoms with Crippen molar-refractivity contribution in [2.45, 2.75) is 25.9 Å². The number of benzene rings is 1. The second-order valence-electron chi connectivity index (χ2n) is 4.62. The minimum atomic E-state index is -0.872. The smallest absolute Gasteiger partial charge is 0.309 e. The lowest BCUT2D eigenvalue weighted by atomic mass is 9.68. The Bertz CT molecular complexity index is 433. The summed E-state index contributed by atoms with van der Waals surface area (Å²) >= 11 is 0. The van der Waals surface area contributed by atoms with Crippen molar-refractivity contribution >= 4 is 5.97 Å². The van der Waals surface area contributed by atoms with Crippen molar-refractivity contribution < 1.29 is 23.4 Å². The van der Waals surface area contributed by atoms with E-state index in [2.05, 4.69) is 0 Å². The van der Waals surface area contributed by atoms with Gasteiger partial charge in [-0.2, -0.15) is 0 Å². The van der Waals surface area contributed by atoms with Crippen LogP contribution in [0.3, 0.4) is 0 Å². The van der Waals surface area contributed by atoms with Gasteiger partial charge in [0.05, 0.1) is 5.41 Å². The van der Waals surface area contributed by atoms with Gasteiger partial charge in [0.25, 0.3) is 0 Å². The number of halogens is 2. The fourth-order valence-electron chi connectivity index (χ4n) is 1.99. The van der Waals surface area contributed by atoms with Gasteiger partial charge in [0.1, 0.15) is 23.5 Å². The maximum absolute atomic E-state index is 12.9. The summed E-state index contributed by atoms with van der Waals surface area (Å²) < 4.78 is 31.0. The van der Waals surface area contributed by atoms with Crippen LogP contribution in [-0.2, 0) is 4.79 Å². The highest BCUT2D eigenvalue weighted by atomic mass is 19.1. The molecule has 0 aliphatic heterocycles. The van der Waals surface area contributed by atoms with Crippen molar-refractivity contribution in [2.24, 2.45) is 5.41 Å². The summed E-state index contributed by atoms with van der Waals surface area (Å²) in [4.78, 5) is 10.8. The van der Waals surface area contributed by atoms with Gasteiger partial charge in [-0.1, -0.05) is 0 Å². The standard InChI is InChI=1S/C12H12F2O3/c1-12(11(15)16)5-10(6-12)17-9-3-7(13)2-8(14)4-9/h2-4,10H,5-6H2,1H3,(H,15,16)/t10-,12-. The number of carboxylic acid groups (broad SMARTS) is 1. The van der Waals surface area contributed by atoms with Gasteiger partial charge < -0.3 is 9.84 Å². The molecule has 0 spiro atoms. The van der Waals surface area contributed by atoms with Crippen LogP contribution < -0.4 is 4.74 Å². The highest BCUT2D eigenvalue weighted by Crippen LogP contribution is 2.42. The SMILES string of the molecule is C[C@]1(C(=O)O)C[C@H](Oc2cc(F)cc(F)c2)C1. The Hall–Kier alpha value is -1.65. The third-order valence-corrected chi connectivity index (χ3v) is 3.01. The van der Waals surface area contributed by atoms with Crippen LogP contribution in [0.2, 0.25) is 0 Å². The topological polar surface area (TPSA) is 46.5 Å². The molecule has 92 valence electrons. The lowest BCUT2D eigenvalue weighted by Gasteiger charge is -2.41. The molecule has 0 atom stereocenters. The summed E-state index contributed by atoms with van der Waals surface area (Å²) in [5.74, 6) is -2.19. The van der Waals surface area contributed by atoms with Crippen LogP contribution in [0.1, 0.15) is 19.8 Å². The number of carbonyl (C=O) groups is 1. The Kier molecular flexibility index (Phi) is 2.77. The predicted molar refractivity (Wildman–Crippen MR) is 55.8 cm³/mol. The van der Waals surface area contributed by atoms with Crippen molar-refractivity contribution in [1.82, 2.24) is 0 Å². The van der Waals surface area contributed by atoms with Crippen molar-refractivity contribution in [3.8, 4) is 5.75 Å². The van der Waals surface area contributed by atoms with Crippen molar-refractivity contribution in [2.75, 3.05) is 0 Å². The highest BCUT2D eigenvalue weighted by molar-refractivity contribution is 5.75. The lowest BCUT2D eigenvalue weighted by molar-refractivity contribution is -0.159. The highest BCUT2D eigenvalue weighted by Gasteiger charge is 2.47. The molecular weight excluding hydrogens is 230 g/mol. The van der Waals surface area contributed by atoms with Crippen molar-refractivity contribution in [3.63, 3.8) is 0 Å².